The molecule has 0 bridgehead atoms. The molecule has 0 fully saturated rings. The highest BCUT2D eigenvalue weighted by Crippen LogP contribution is 2.27. The van der Waals surface area contributed by atoms with E-state index in [-0.39, 0.29) is 0 Å². The summed E-state index contributed by atoms with van der Waals surface area (Å²) in [6, 6.07) is 0. The lowest BCUT2D eigenvalue weighted by molar-refractivity contribution is 0.680. The van der Waals surface area contributed by atoms with Crippen LogP contribution in [0.5, 0.6) is 0 Å². The van der Waals surface area contributed by atoms with Crippen molar-refractivity contribution in [3.05, 3.63) is 5.69 Å². The van der Waals surface area contributed by atoms with Gasteiger partial charge in [-0.05, 0) is 23.8 Å². The lowest BCUT2D eigenvalue weighted by Gasteiger charge is -2.13. The van der Waals surface area contributed by atoms with Crippen molar-refractivity contribution in [1.29, 1.82) is 0 Å². The Morgan fingerprint density at radius 3 is 2.53 bits per heavy atom. The van der Waals surface area contributed by atoms with Crippen molar-refractivity contribution >= 4 is 23.3 Å². The fourth-order valence-corrected chi connectivity index (χ4v) is 2.50. The highest BCUT2D eigenvalue weighted by Gasteiger charge is 2.15. The first-order valence-electron chi connectivity index (χ1n) is 6.02. The molecule has 17 heavy (non-hydrogen) atoms. The molecule has 1 heterocycles. The summed E-state index contributed by atoms with van der Waals surface area (Å²) in [6.45, 7) is 7.39. The molecule has 0 aliphatic heterocycles. The summed E-state index contributed by atoms with van der Waals surface area (Å²) in [5, 5.41) is 7.86. The fourth-order valence-electron chi connectivity index (χ4n) is 1.81. The van der Waals surface area contributed by atoms with Crippen molar-refractivity contribution in [2.75, 3.05) is 29.6 Å². The predicted octanol–water partition coefficient (Wildman–Crippen LogP) is 2.54. The zero-order valence-electron chi connectivity index (χ0n) is 11.4. The highest BCUT2D eigenvalue weighted by molar-refractivity contribution is 7.98. The molecule has 0 saturated heterocycles. The van der Waals surface area contributed by atoms with E-state index in [1.54, 1.807) is 0 Å². The van der Waals surface area contributed by atoms with Crippen LogP contribution in [0.1, 0.15) is 32.4 Å². The van der Waals surface area contributed by atoms with E-state index in [1.807, 2.05) is 23.5 Å². The maximum atomic E-state index is 6.11. The van der Waals surface area contributed by atoms with Crippen LogP contribution in [0.25, 0.3) is 0 Å². The van der Waals surface area contributed by atoms with Crippen LogP contribution in [-0.4, -0.2) is 28.3 Å². The Hall–Kier alpha value is -0.840. The number of hydrogen-bond acceptors (Lipinski definition) is 4. The summed E-state index contributed by atoms with van der Waals surface area (Å²) in [5.74, 6) is 3.09. The number of aromatic nitrogens is 2. The van der Waals surface area contributed by atoms with Crippen LogP contribution in [-0.2, 0) is 7.05 Å². The molecule has 0 aliphatic rings. The van der Waals surface area contributed by atoms with Crippen LogP contribution in [0.4, 0.5) is 11.5 Å². The second-order valence-electron chi connectivity index (χ2n) is 4.87. The predicted molar refractivity (Wildman–Crippen MR) is 77.7 cm³/mol. The van der Waals surface area contributed by atoms with Gasteiger partial charge in [0.05, 0.1) is 11.4 Å². The Morgan fingerprint density at radius 1 is 1.41 bits per heavy atom. The third-order valence-corrected chi connectivity index (χ3v) is 3.63. The molecule has 3 N–H and O–H groups in total. The van der Waals surface area contributed by atoms with Crippen molar-refractivity contribution in [3.63, 3.8) is 0 Å². The fraction of sp³-hybridized carbons (Fsp3) is 0.750. The number of thioether (sulfide) groups is 1. The summed E-state index contributed by atoms with van der Waals surface area (Å²) in [4.78, 5) is 0. The Morgan fingerprint density at radius 2 is 2.06 bits per heavy atom. The van der Waals surface area contributed by atoms with Gasteiger partial charge >= 0.3 is 0 Å². The smallest absolute Gasteiger partial charge is 0.147 e. The lowest BCUT2D eigenvalue weighted by atomic mass is 10.1. The third kappa shape index (κ3) is 3.56. The van der Waals surface area contributed by atoms with Gasteiger partial charge < -0.3 is 11.1 Å². The zero-order valence-corrected chi connectivity index (χ0v) is 12.3. The van der Waals surface area contributed by atoms with Gasteiger partial charge in [-0.1, -0.05) is 20.8 Å². The zero-order chi connectivity index (χ0) is 13.0. The van der Waals surface area contributed by atoms with Crippen molar-refractivity contribution < 1.29 is 0 Å². The first-order valence-corrected chi connectivity index (χ1v) is 7.41. The molecule has 0 saturated carbocycles. The molecule has 5 heteroatoms. The topological polar surface area (TPSA) is 55.9 Å². The molecule has 98 valence electrons. The van der Waals surface area contributed by atoms with Gasteiger partial charge in [-0.3, -0.25) is 4.68 Å². The minimum absolute atomic E-state index is 0.361. The number of rotatable bonds is 6. The summed E-state index contributed by atoms with van der Waals surface area (Å²) in [6.07, 6.45) is 2.13. The van der Waals surface area contributed by atoms with Gasteiger partial charge in [0.15, 0.2) is 0 Å². The molecule has 4 nitrogen and oxygen atoms in total. The van der Waals surface area contributed by atoms with Crippen molar-refractivity contribution in [3.8, 4) is 0 Å². The second-order valence-corrected chi connectivity index (χ2v) is 5.78. The van der Waals surface area contributed by atoms with Gasteiger partial charge in [-0.15, -0.1) is 0 Å². The number of nitrogens with one attached hydrogen (secondary N) is 1. The molecule has 1 unspecified atom stereocenters. The molecular weight excluding hydrogens is 232 g/mol. The summed E-state index contributed by atoms with van der Waals surface area (Å²) >= 11 is 1.87. The van der Waals surface area contributed by atoms with Gasteiger partial charge in [-0.25, -0.2) is 0 Å². The van der Waals surface area contributed by atoms with Crippen LogP contribution in [0.15, 0.2) is 0 Å². The van der Waals surface area contributed by atoms with Crippen LogP contribution in [0, 0.1) is 5.92 Å². The SMILES string of the molecule is CSCC(C)CNc1c(N)c(C(C)C)nn1C. The van der Waals surface area contributed by atoms with Gasteiger partial charge in [0, 0.05) is 13.6 Å². The third-order valence-electron chi connectivity index (χ3n) is 2.73. The molecule has 0 aliphatic carbocycles. The summed E-state index contributed by atoms with van der Waals surface area (Å²) in [5.41, 5.74) is 7.88. The van der Waals surface area contributed by atoms with E-state index in [0.29, 0.717) is 11.8 Å². The second kappa shape index (κ2) is 6.19. The van der Waals surface area contributed by atoms with Crippen LogP contribution in [0.3, 0.4) is 0 Å². The van der Waals surface area contributed by atoms with Gasteiger partial charge in [-0.2, -0.15) is 16.9 Å². The first kappa shape index (κ1) is 14.2. The lowest BCUT2D eigenvalue weighted by Crippen LogP contribution is -2.16. The largest absolute Gasteiger partial charge is 0.394 e. The number of nitrogen functional groups attached to an aromatic ring is 1. The van der Waals surface area contributed by atoms with Gasteiger partial charge in [0.25, 0.3) is 0 Å². The minimum atomic E-state index is 0.361. The average Bonchev–Trinajstić information content (AvgIpc) is 2.52. The molecule has 1 aromatic rings. The molecule has 0 aromatic carbocycles. The molecule has 1 aromatic heterocycles. The van der Waals surface area contributed by atoms with Crippen LogP contribution >= 0.6 is 11.8 Å². The summed E-state index contributed by atoms with van der Waals surface area (Å²) in [7, 11) is 1.93. The van der Waals surface area contributed by atoms with E-state index in [2.05, 4.69) is 37.4 Å². The number of nitrogens with two attached hydrogens (primary N) is 1. The molecular formula is C12H24N4S. The van der Waals surface area contributed by atoms with E-state index < -0.39 is 0 Å². The molecule has 0 amide bonds. The first-order chi connectivity index (χ1) is 7.97. The minimum Gasteiger partial charge on any atom is -0.394 e. The quantitative estimate of drug-likeness (QED) is 0.821. The molecule has 0 spiro atoms. The van der Waals surface area contributed by atoms with Crippen molar-refractivity contribution in [1.82, 2.24) is 9.78 Å². The Kier molecular flexibility index (Phi) is 5.18. The molecule has 1 rings (SSSR count). The van der Waals surface area contributed by atoms with E-state index in [0.717, 1.165) is 29.5 Å². The van der Waals surface area contributed by atoms with E-state index in [9.17, 15) is 0 Å². The Labute approximate surface area is 108 Å². The number of nitrogens with zero attached hydrogens (tertiary/aromatic N) is 2. The standard InChI is InChI=1S/C12H24N4S/c1-8(2)11-10(13)12(16(4)15-11)14-6-9(3)7-17-5/h8-9,14H,6-7,13H2,1-5H3. The van der Waals surface area contributed by atoms with Gasteiger partial charge in [0.2, 0.25) is 0 Å². The Balaban J connectivity index is 2.71. The van der Waals surface area contributed by atoms with Crippen LogP contribution in [0.2, 0.25) is 0 Å². The molecule has 1 atom stereocenters. The van der Waals surface area contributed by atoms with Crippen molar-refractivity contribution in [2.45, 2.75) is 26.7 Å². The maximum absolute atomic E-state index is 6.11. The maximum Gasteiger partial charge on any atom is 0.147 e. The van der Waals surface area contributed by atoms with Crippen LogP contribution < -0.4 is 11.1 Å². The van der Waals surface area contributed by atoms with Crippen molar-refractivity contribution in [2.24, 2.45) is 13.0 Å². The highest BCUT2D eigenvalue weighted by atomic mass is 32.2. The van der Waals surface area contributed by atoms with E-state index in [4.69, 9.17) is 5.73 Å². The molecule has 0 radical (unpaired) electrons. The average molecular weight is 256 g/mol. The summed E-state index contributed by atoms with van der Waals surface area (Å²) < 4.78 is 1.84. The number of anilines is 2. The number of aryl methyl sites for hydroxylation is 1. The number of hydrogen-bond donors (Lipinski definition) is 2. The van der Waals surface area contributed by atoms with E-state index >= 15 is 0 Å². The Bertz CT molecular complexity index is 360. The van der Waals surface area contributed by atoms with E-state index in [1.165, 1.54) is 0 Å². The normalized spacial score (nSPS) is 13.1. The monoisotopic (exact) mass is 256 g/mol. The van der Waals surface area contributed by atoms with Gasteiger partial charge in [0.1, 0.15) is 5.82 Å².